The van der Waals surface area contributed by atoms with Gasteiger partial charge in [-0.05, 0) is 42.0 Å². The summed E-state index contributed by atoms with van der Waals surface area (Å²) in [4.78, 5) is 14.9. The van der Waals surface area contributed by atoms with Gasteiger partial charge in [0.2, 0.25) is 10.0 Å². The predicted octanol–water partition coefficient (Wildman–Crippen LogP) is 2.58. The highest BCUT2D eigenvalue weighted by molar-refractivity contribution is 7.89. The van der Waals surface area contributed by atoms with E-state index in [1.54, 1.807) is 12.4 Å². The molecule has 4 rings (SSSR count). The summed E-state index contributed by atoms with van der Waals surface area (Å²) in [5, 5.41) is 1.66. The Balaban J connectivity index is 1.53. The van der Waals surface area contributed by atoms with Gasteiger partial charge in [0.25, 0.3) is 5.91 Å². The Morgan fingerprint density at radius 1 is 1.14 bits per heavy atom. The van der Waals surface area contributed by atoms with E-state index in [2.05, 4.69) is 0 Å². The summed E-state index contributed by atoms with van der Waals surface area (Å²) in [7, 11) is -1.96. The molecule has 28 heavy (non-hydrogen) atoms. The summed E-state index contributed by atoms with van der Waals surface area (Å²) >= 11 is 1.16. The molecule has 2 aromatic rings. The molecule has 9 heteroatoms. The Bertz CT molecular complexity index is 980. The van der Waals surface area contributed by atoms with Crippen molar-refractivity contribution in [3.05, 3.63) is 40.1 Å². The van der Waals surface area contributed by atoms with Crippen molar-refractivity contribution in [3.8, 4) is 11.5 Å². The lowest BCUT2D eigenvalue weighted by molar-refractivity contribution is 0.0786. The number of carbonyl (C=O) groups is 1. The van der Waals surface area contributed by atoms with Crippen molar-refractivity contribution in [3.63, 3.8) is 0 Å². The van der Waals surface area contributed by atoms with Crippen LogP contribution in [0.2, 0.25) is 0 Å². The molecule has 0 bridgehead atoms. The first kappa shape index (κ1) is 19.2. The zero-order chi connectivity index (χ0) is 19.7. The average molecular weight is 423 g/mol. The zero-order valence-electron chi connectivity index (χ0n) is 15.6. The fraction of sp³-hybridized carbons (Fsp3) is 0.421. The molecule has 1 amide bonds. The number of rotatable bonds is 5. The zero-order valence-corrected chi connectivity index (χ0v) is 17.2. The summed E-state index contributed by atoms with van der Waals surface area (Å²) in [5.41, 5.74) is 0.889. The Kier molecular flexibility index (Phi) is 5.31. The molecule has 0 spiro atoms. The smallest absolute Gasteiger partial charge is 0.265 e. The van der Waals surface area contributed by atoms with Crippen molar-refractivity contribution in [2.75, 3.05) is 33.4 Å². The van der Waals surface area contributed by atoms with E-state index in [4.69, 9.17) is 9.47 Å². The van der Waals surface area contributed by atoms with Gasteiger partial charge in [0.15, 0.2) is 11.5 Å². The standard InChI is InChI=1S/C19H22N2O5S2/c1-20(13-14-4-5-15-16(12-14)26-10-9-25-15)19(22)18-17(6-11-27-18)28(23,24)21-7-2-3-8-21/h4-6,11-12H,2-3,7-10,13H2,1H3. The summed E-state index contributed by atoms with van der Waals surface area (Å²) in [6.45, 7) is 2.39. The van der Waals surface area contributed by atoms with E-state index in [-0.39, 0.29) is 15.7 Å². The molecule has 2 aliphatic rings. The van der Waals surface area contributed by atoms with Crippen LogP contribution in [0.1, 0.15) is 28.1 Å². The highest BCUT2D eigenvalue weighted by Gasteiger charge is 2.32. The van der Waals surface area contributed by atoms with Crippen molar-refractivity contribution < 1.29 is 22.7 Å². The predicted molar refractivity (Wildman–Crippen MR) is 106 cm³/mol. The summed E-state index contributed by atoms with van der Waals surface area (Å²) in [6, 6.07) is 7.10. The first-order valence-corrected chi connectivity index (χ1v) is 11.5. The van der Waals surface area contributed by atoms with Gasteiger partial charge in [0.1, 0.15) is 23.0 Å². The highest BCUT2D eigenvalue weighted by atomic mass is 32.2. The van der Waals surface area contributed by atoms with Crippen molar-refractivity contribution in [1.29, 1.82) is 0 Å². The summed E-state index contributed by atoms with van der Waals surface area (Å²) in [6.07, 6.45) is 1.72. The number of benzene rings is 1. The van der Waals surface area contributed by atoms with Crippen LogP contribution in [0.15, 0.2) is 34.5 Å². The topological polar surface area (TPSA) is 76.1 Å². The SMILES string of the molecule is CN(Cc1ccc2c(c1)OCCO2)C(=O)c1sccc1S(=O)(=O)N1CCCC1. The monoisotopic (exact) mass is 422 g/mol. The molecule has 150 valence electrons. The first-order valence-electron chi connectivity index (χ1n) is 9.18. The van der Waals surface area contributed by atoms with Crippen molar-refractivity contribution in [2.45, 2.75) is 24.3 Å². The maximum absolute atomic E-state index is 13.0. The lowest BCUT2D eigenvalue weighted by Gasteiger charge is -2.21. The third-order valence-corrected chi connectivity index (χ3v) is 7.85. The molecule has 2 aliphatic heterocycles. The van der Waals surface area contributed by atoms with Crippen LogP contribution in [0.3, 0.4) is 0 Å². The van der Waals surface area contributed by atoms with Gasteiger partial charge >= 0.3 is 0 Å². The van der Waals surface area contributed by atoms with Crippen molar-refractivity contribution in [2.24, 2.45) is 0 Å². The van der Waals surface area contributed by atoms with Gasteiger partial charge in [0.05, 0.1) is 0 Å². The number of amides is 1. The fourth-order valence-corrected chi connectivity index (χ4v) is 6.34. The Hall–Kier alpha value is -2.10. The molecule has 1 saturated heterocycles. The molecule has 0 atom stereocenters. The fourth-order valence-electron chi connectivity index (χ4n) is 3.43. The molecule has 1 aromatic carbocycles. The van der Waals surface area contributed by atoms with E-state index in [0.717, 1.165) is 29.7 Å². The molecule has 7 nitrogen and oxygen atoms in total. The number of thiophene rings is 1. The molecule has 0 saturated carbocycles. The van der Waals surface area contributed by atoms with E-state index < -0.39 is 10.0 Å². The first-order chi connectivity index (χ1) is 13.5. The second-order valence-electron chi connectivity index (χ2n) is 6.86. The minimum absolute atomic E-state index is 0.110. The van der Waals surface area contributed by atoms with Gasteiger partial charge in [-0.2, -0.15) is 4.31 Å². The van der Waals surface area contributed by atoms with E-state index in [1.165, 1.54) is 15.3 Å². The van der Waals surface area contributed by atoms with Crippen LogP contribution in [-0.2, 0) is 16.6 Å². The maximum Gasteiger partial charge on any atom is 0.265 e. The average Bonchev–Trinajstić information content (AvgIpc) is 3.39. The molecule has 0 unspecified atom stereocenters. The van der Waals surface area contributed by atoms with Gasteiger partial charge in [0, 0.05) is 26.7 Å². The third-order valence-electron chi connectivity index (χ3n) is 4.88. The molecule has 0 radical (unpaired) electrons. The molecule has 1 fully saturated rings. The van der Waals surface area contributed by atoms with Crippen LogP contribution >= 0.6 is 11.3 Å². The second-order valence-corrected chi connectivity index (χ2v) is 9.69. The number of hydrogen-bond donors (Lipinski definition) is 0. The number of fused-ring (bicyclic) bond motifs is 1. The Labute approximate surface area is 168 Å². The van der Waals surface area contributed by atoms with Crippen LogP contribution in [0, 0.1) is 0 Å². The van der Waals surface area contributed by atoms with Crippen LogP contribution in [-0.4, -0.2) is 56.9 Å². The Morgan fingerprint density at radius 3 is 2.61 bits per heavy atom. The normalized spacial score (nSPS) is 16.9. The molecule has 0 N–H and O–H groups in total. The van der Waals surface area contributed by atoms with Crippen LogP contribution < -0.4 is 9.47 Å². The van der Waals surface area contributed by atoms with Crippen molar-refractivity contribution in [1.82, 2.24) is 9.21 Å². The van der Waals surface area contributed by atoms with Gasteiger partial charge in [-0.15, -0.1) is 11.3 Å². The van der Waals surface area contributed by atoms with Crippen molar-refractivity contribution >= 4 is 27.3 Å². The van der Waals surface area contributed by atoms with Gasteiger partial charge in [-0.1, -0.05) is 6.07 Å². The van der Waals surface area contributed by atoms with Gasteiger partial charge < -0.3 is 14.4 Å². The lowest BCUT2D eigenvalue weighted by atomic mass is 10.2. The van der Waals surface area contributed by atoms with E-state index in [0.29, 0.717) is 44.3 Å². The Morgan fingerprint density at radius 2 is 1.86 bits per heavy atom. The van der Waals surface area contributed by atoms with E-state index in [9.17, 15) is 13.2 Å². The quantitative estimate of drug-likeness (QED) is 0.740. The number of sulfonamides is 1. The van der Waals surface area contributed by atoms with Crippen LogP contribution in [0.4, 0.5) is 0 Å². The number of carbonyl (C=O) groups excluding carboxylic acids is 1. The van der Waals surface area contributed by atoms with Gasteiger partial charge in [-0.3, -0.25) is 4.79 Å². The maximum atomic E-state index is 13.0. The molecular weight excluding hydrogens is 400 g/mol. The van der Waals surface area contributed by atoms with E-state index in [1.807, 2.05) is 18.2 Å². The minimum atomic E-state index is -3.63. The number of hydrogen-bond acceptors (Lipinski definition) is 6. The molecule has 3 heterocycles. The molecule has 1 aromatic heterocycles. The number of nitrogens with zero attached hydrogens (tertiary/aromatic N) is 2. The summed E-state index contributed by atoms with van der Waals surface area (Å²) < 4.78 is 38.4. The highest BCUT2D eigenvalue weighted by Crippen LogP contribution is 2.32. The van der Waals surface area contributed by atoms with Crippen LogP contribution in [0.25, 0.3) is 0 Å². The molecular formula is C19H22N2O5S2. The van der Waals surface area contributed by atoms with Gasteiger partial charge in [-0.25, -0.2) is 8.42 Å². The lowest BCUT2D eigenvalue weighted by Crippen LogP contribution is -2.31. The number of ether oxygens (including phenoxy) is 2. The largest absolute Gasteiger partial charge is 0.486 e. The third kappa shape index (κ3) is 3.61. The summed E-state index contributed by atoms with van der Waals surface area (Å²) in [5.74, 6) is 1.06. The second kappa shape index (κ2) is 7.73. The molecule has 0 aliphatic carbocycles. The van der Waals surface area contributed by atoms with E-state index >= 15 is 0 Å². The minimum Gasteiger partial charge on any atom is -0.486 e. The van der Waals surface area contributed by atoms with Crippen LogP contribution in [0.5, 0.6) is 11.5 Å².